The monoisotopic (exact) mass is 521 g/mol. The van der Waals surface area contributed by atoms with Crippen LogP contribution in [-0.4, -0.2) is 38.4 Å². The van der Waals surface area contributed by atoms with E-state index in [9.17, 15) is 0 Å². The summed E-state index contributed by atoms with van der Waals surface area (Å²) in [4.78, 5) is 9.19. The topological polar surface area (TPSA) is 72.1 Å². The van der Waals surface area contributed by atoms with Gasteiger partial charge in [0, 0.05) is 44.3 Å². The molecule has 7 nitrogen and oxygen atoms in total. The summed E-state index contributed by atoms with van der Waals surface area (Å²) in [6.45, 7) is 10.1. The van der Waals surface area contributed by atoms with Gasteiger partial charge in [0.15, 0.2) is 5.96 Å². The number of hydrogen-bond donors (Lipinski definition) is 2. The van der Waals surface area contributed by atoms with Gasteiger partial charge in [0.1, 0.15) is 12.4 Å². The number of aromatic nitrogens is 4. The van der Waals surface area contributed by atoms with E-state index in [4.69, 9.17) is 4.99 Å². The van der Waals surface area contributed by atoms with Crippen LogP contribution in [0.5, 0.6) is 0 Å². The zero-order valence-electron chi connectivity index (χ0n) is 18.0. The number of aryl methyl sites for hydroxylation is 3. The van der Waals surface area contributed by atoms with Gasteiger partial charge in [-0.1, -0.05) is 30.3 Å². The molecule has 0 unspecified atom stereocenters. The Bertz CT molecular complexity index is 915. The van der Waals surface area contributed by atoms with Gasteiger partial charge < -0.3 is 15.2 Å². The lowest BCUT2D eigenvalue weighted by Gasteiger charge is -2.12. The van der Waals surface area contributed by atoms with Gasteiger partial charge in [-0.3, -0.25) is 4.68 Å². The summed E-state index contributed by atoms with van der Waals surface area (Å²) in [5.74, 6) is 1.77. The average Bonchev–Trinajstić information content (AvgIpc) is 3.29. The van der Waals surface area contributed by atoms with Crippen LogP contribution in [0.25, 0.3) is 0 Å². The molecule has 2 aromatic heterocycles. The van der Waals surface area contributed by atoms with Gasteiger partial charge >= 0.3 is 0 Å². The highest BCUT2D eigenvalue weighted by Crippen LogP contribution is 2.06. The van der Waals surface area contributed by atoms with Crippen molar-refractivity contribution >= 4 is 29.9 Å². The Balaban J connectivity index is 0.00000320. The molecule has 0 spiro atoms. The second-order valence-corrected chi connectivity index (χ2v) is 7.08. The molecular formula is C22H32IN7. The third-order valence-corrected chi connectivity index (χ3v) is 4.66. The summed E-state index contributed by atoms with van der Waals surface area (Å²) >= 11 is 0. The Morgan fingerprint density at radius 1 is 1.13 bits per heavy atom. The predicted octanol–water partition coefficient (Wildman–Crippen LogP) is 3.51. The summed E-state index contributed by atoms with van der Waals surface area (Å²) in [6, 6.07) is 12.5. The van der Waals surface area contributed by atoms with E-state index in [0.29, 0.717) is 6.54 Å². The van der Waals surface area contributed by atoms with Crippen LogP contribution in [0.15, 0.2) is 53.8 Å². The first-order valence-electron chi connectivity index (χ1n) is 10.2. The summed E-state index contributed by atoms with van der Waals surface area (Å²) in [5, 5.41) is 11.2. The second-order valence-electron chi connectivity index (χ2n) is 7.08. The van der Waals surface area contributed by atoms with Crippen LogP contribution in [0, 0.1) is 13.8 Å². The van der Waals surface area contributed by atoms with Gasteiger partial charge in [-0.2, -0.15) is 5.10 Å². The van der Waals surface area contributed by atoms with Crippen molar-refractivity contribution in [2.45, 2.75) is 46.8 Å². The molecule has 162 valence electrons. The summed E-state index contributed by atoms with van der Waals surface area (Å²) in [6.07, 6.45) is 4.82. The van der Waals surface area contributed by atoms with Crippen LogP contribution in [0.4, 0.5) is 0 Å². The Morgan fingerprint density at radius 2 is 1.93 bits per heavy atom. The van der Waals surface area contributed by atoms with Crippen LogP contribution in [-0.2, 0) is 19.6 Å². The number of benzene rings is 1. The quantitative estimate of drug-likeness (QED) is 0.196. The lowest BCUT2D eigenvalue weighted by atomic mass is 10.2. The molecule has 0 atom stereocenters. The largest absolute Gasteiger partial charge is 0.357 e. The molecule has 0 aliphatic carbocycles. The van der Waals surface area contributed by atoms with E-state index in [-0.39, 0.29) is 24.0 Å². The van der Waals surface area contributed by atoms with E-state index in [1.807, 2.05) is 25.4 Å². The lowest BCUT2D eigenvalue weighted by molar-refractivity contribution is 0.555. The smallest absolute Gasteiger partial charge is 0.191 e. The molecule has 0 aliphatic heterocycles. The molecule has 0 saturated heterocycles. The molecule has 0 aliphatic rings. The summed E-state index contributed by atoms with van der Waals surface area (Å²) in [5.41, 5.74) is 3.52. The fourth-order valence-electron chi connectivity index (χ4n) is 3.24. The molecule has 1 aromatic carbocycles. The minimum absolute atomic E-state index is 0. The number of imidazole rings is 1. The fourth-order valence-corrected chi connectivity index (χ4v) is 3.24. The van der Waals surface area contributed by atoms with E-state index in [1.54, 1.807) is 0 Å². The highest BCUT2D eigenvalue weighted by Gasteiger charge is 2.05. The second kappa shape index (κ2) is 12.4. The van der Waals surface area contributed by atoms with Crippen LogP contribution in [0.3, 0.4) is 0 Å². The Kier molecular flexibility index (Phi) is 9.85. The number of guanidine groups is 1. The third-order valence-electron chi connectivity index (χ3n) is 4.66. The molecule has 0 saturated carbocycles. The summed E-state index contributed by atoms with van der Waals surface area (Å²) < 4.78 is 4.20. The molecule has 3 aromatic rings. The molecule has 8 heteroatoms. The number of nitrogens with zero attached hydrogens (tertiary/aromatic N) is 5. The van der Waals surface area contributed by atoms with Crippen LogP contribution >= 0.6 is 24.0 Å². The van der Waals surface area contributed by atoms with Gasteiger partial charge in [-0.15, -0.1) is 24.0 Å². The molecule has 30 heavy (non-hydrogen) atoms. The third kappa shape index (κ3) is 7.16. The SMILES string of the molecule is CCNC(=NCc1nccn1Cc1ccccc1)NCCCn1nc(C)cc1C.I. The highest BCUT2D eigenvalue weighted by atomic mass is 127. The Morgan fingerprint density at radius 3 is 2.63 bits per heavy atom. The summed E-state index contributed by atoms with van der Waals surface area (Å²) in [7, 11) is 0. The van der Waals surface area contributed by atoms with Crippen molar-refractivity contribution in [3.63, 3.8) is 0 Å². The van der Waals surface area contributed by atoms with E-state index >= 15 is 0 Å². The fraction of sp³-hybridized carbons (Fsp3) is 0.409. The number of rotatable bonds is 9. The minimum atomic E-state index is 0. The maximum atomic E-state index is 4.71. The average molecular weight is 521 g/mol. The maximum absolute atomic E-state index is 4.71. The minimum Gasteiger partial charge on any atom is -0.357 e. The first kappa shape index (κ1) is 23.9. The normalized spacial score (nSPS) is 11.2. The highest BCUT2D eigenvalue weighted by molar-refractivity contribution is 14.0. The van der Waals surface area contributed by atoms with Gasteiger partial charge in [0.25, 0.3) is 0 Å². The van der Waals surface area contributed by atoms with Crippen LogP contribution in [0.1, 0.15) is 36.1 Å². The van der Waals surface area contributed by atoms with E-state index in [1.165, 1.54) is 11.3 Å². The van der Waals surface area contributed by atoms with Crippen molar-refractivity contribution in [1.82, 2.24) is 30.0 Å². The molecule has 2 heterocycles. The van der Waals surface area contributed by atoms with Gasteiger partial charge in [-0.25, -0.2) is 9.98 Å². The van der Waals surface area contributed by atoms with Gasteiger partial charge in [-0.05, 0) is 38.8 Å². The number of aliphatic imine (C=N–C) groups is 1. The molecule has 0 fully saturated rings. The molecule has 3 rings (SSSR count). The van der Waals surface area contributed by atoms with E-state index in [2.05, 4.69) is 74.1 Å². The van der Waals surface area contributed by atoms with E-state index < -0.39 is 0 Å². The Hall–Kier alpha value is -2.36. The van der Waals surface area contributed by atoms with Gasteiger partial charge in [0.05, 0.1) is 5.69 Å². The maximum Gasteiger partial charge on any atom is 0.191 e. The first-order chi connectivity index (χ1) is 14.2. The molecule has 0 bridgehead atoms. The van der Waals surface area contributed by atoms with Crippen molar-refractivity contribution in [2.24, 2.45) is 4.99 Å². The molecule has 2 N–H and O–H groups in total. The molecular weight excluding hydrogens is 489 g/mol. The molecule has 0 radical (unpaired) electrons. The predicted molar refractivity (Wildman–Crippen MR) is 132 cm³/mol. The zero-order chi connectivity index (χ0) is 20.5. The van der Waals surface area contributed by atoms with Crippen molar-refractivity contribution in [3.05, 3.63) is 71.6 Å². The lowest BCUT2D eigenvalue weighted by Crippen LogP contribution is -2.38. The Labute approximate surface area is 196 Å². The van der Waals surface area contributed by atoms with Crippen molar-refractivity contribution in [2.75, 3.05) is 13.1 Å². The first-order valence-corrected chi connectivity index (χ1v) is 10.2. The number of hydrogen-bond acceptors (Lipinski definition) is 3. The number of nitrogens with one attached hydrogen (secondary N) is 2. The van der Waals surface area contributed by atoms with Crippen LogP contribution < -0.4 is 10.6 Å². The van der Waals surface area contributed by atoms with E-state index in [0.717, 1.165) is 50.1 Å². The van der Waals surface area contributed by atoms with Crippen molar-refractivity contribution in [1.29, 1.82) is 0 Å². The van der Waals surface area contributed by atoms with Crippen LogP contribution in [0.2, 0.25) is 0 Å². The standard InChI is InChI=1S/C22H31N7.HI/c1-4-23-22(25-11-8-13-29-19(3)15-18(2)27-29)26-16-21-24-12-14-28(21)17-20-9-6-5-7-10-20;/h5-7,9-10,12,14-15H,4,8,11,13,16-17H2,1-3H3,(H2,23,25,26);1H. The van der Waals surface area contributed by atoms with Crippen molar-refractivity contribution in [3.8, 4) is 0 Å². The zero-order valence-corrected chi connectivity index (χ0v) is 20.3. The van der Waals surface area contributed by atoms with Crippen molar-refractivity contribution < 1.29 is 0 Å². The van der Waals surface area contributed by atoms with Gasteiger partial charge in [0.2, 0.25) is 0 Å². The number of halogens is 1. The molecule has 0 amide bonds.